The number of phenolic OH excluding ortho intramolecular Hbond substituents is 1. The lowest BCUT2D eigenvalue weighted by Gasteiger charge is -2.06. The normalized spacial score (nSPS) is 13.5. The van der Waals surface area contributed by atoms with Crippen molar-refractivity contribution in [2.75, 3.05) is 6.61 Å². The summed E-state index contributed by atoms with van der Waals surface area (Å²) in [5.74, 6) is -1.25. The zero-order chi connectivity index (χ0) is 17.1. The Morgan fingerprint density at radius 2 is 2.08 bits per heavy atom. The first-order valence-electron chi connectivity index (χ1n) is 7.46. The van der Waals surface area contributed by atoms with Crippen LogP contribution in [0.15, 0.2) is 28.9 Å². The van der Waals surface area contributed by atoms with Crippen LogP contribution in [0.4, 0.5) is 4.79 Å². The smallest absolute Gasteiger partial charge is 0.321 e. The SMILES string of the molecule is O=C(COC(=O)Cc1coc2cc(O)ccc12)NC(=O)NC1CC1. The molecule has 3 rings (SSSR count). The zero-order valence-corrected chi connectivity index (χ0v) is 12.7. The number of esters is 1. The number of fused-ring (bicyclic) bond motifs is 1. The Morgan fingerprint density at radius 3 is 2.83 bits per heavy atom. The molecular weight excluding hydrogens is 316 g/mol. The number of rotatable bonds is 5. The second-order valence-electron chi connectivity index (χ2n) is 5.57. The Labute approximate surface area is 136 Å². The summed E-state index contributed by atoms with van der Waals surface area (Å²) >= 11 is 0. The Hall–Kier alpha value is -3.03. The summed E-state index contributed by atoms with van der Waals surface area (Å²) in [4.78, 5) is 34.7. The number of hydrogen-bond donors (Lipinski definition) is 3. The van der Waals surface area contributed by atoms with Gasteiger partial charge in [-0.05, 0) is 25.0 Å². The first kappa shape index (κ1) is 15.9. The number of carbonyl (C=O) groups excluding carboxylic acids is 3. The molecule has 0 radical (unpaired) electrons. The zero-order valence-electron chi connectivity index (χ0n) is 12.7. The minimum atomic E-state index is -0.691. The fourth-order valence-corrected chi connectivity index (χ4v) is 2.17. The van der Waals surface area contributed by atoms with Gasteiger partial charge >= 0.3 is 12.0 Å². The third-order valence-corrected chi connectivity index (χ3v) is 3.50. The maximum atomic E-state index is 11.8. The van der Waals surface area contributed by atoms with E-state index in [1.54, 1.807) is 6.07 Å². The molecule has 0 spiro atoms. The molecule has 1 heterocycles. The summed E-state index contributed by atoms with van der Waals surface area (Å²) < 4.78 is 10.1. The van der Waals surface area contributed by atoms with E-state index >= 15 is 0 Å². The molecule has 1 aromatic carbocycles. The summed E-state index contributed by atoms with van der Waals surface area (Å²) in [6.07, 6.45) is 3.13. The number of aromatic hydroxyl groups is 1. The lowest BCUT2D eigenvalue weighted by Crippen LogP contribution is -2.42. The Bertz CT molecular complexity index is 793. The number of furan rings is 1. The van der Waals surface area contributed by atoms with Gasteiger partial charge < -0.3 is 19.6 Å². The number of benzene rings is 1. The highest BCUT2D eigenvalue weighted by Crippen LogP contribution is 2.25. The van der Waals surface area contributed by atoms with Crippen molar-refractivity contribution in [3.63, 3.8) is 0 Å². The predicted molar refractivity (Wildman–Crippen MR) is 82.2 cm³/mol. The molecule has 0 bridgehead atoms. The minimum Gasteiger partial charge on any atom is -0.508 e. The summed E-state index contributed by atoms with van der Waals surface area (Å²) in [5, 5.41) is 14.7. The Morgan fingerprint density at radius 1 is 1.29 bits per heavy atom. The molecule has 126 valence electrons. The minimum absolute atomic E-state index is 0.0621. The molecule has 1 aliphatic rings. The van der Waals surface area contributed by atoms with Crippen LogP contribution in [-0.2, 0) is 20.7 Å². The molecule has 1 aliphatic carbocycles. The van der Waals surface area contributed by atoms with Crippen molar-refractivity contribution in [1.29, 1.82) is 0 Å². The molecule has 2 aromatic rings. The molecule has 0 unspecified atom stereocenters. The van der Waals surface area contributed by atoms with Crippen LogP contribution in [0.1, 0.15) is 18.4 Å². The maximum Gasteiger partial charge on any atom is 0.321 e. The standard InChI is InChI=1S/C16H16N2O6/c19-11-3-4-12-9(7-23-13(12)6-11)5-15(21)24-8-14(20)18-16(22)17-10-1-2-10/h3-4,6-7,10,19H,1-2,5,8H2,(H2,17,18,20,22). The van der Waals surface area contributed by atoms with Crippen molar-refractivity contribution in [3.05, 3.63) is 30.0 Å². The average molecular weight is 332 g/mol. The van der Waals surface area contributed by atoms with Crippen LogP contribution < -0.4 is 10.6 Å². The summed E-state index contributed by atoms with van der Waals surface area (Å²) in [6, 6.07) is 4.11. The predicted octanol–water partition coefficient (Wildman–Crippen LogP) is 1.21. The fourth-order valence-electron chi connectivity index (χ4n) is 2.17. The quantitative estimate of drug-likeness (QED) is 0.708. The monoisotopic (exact) mass is 332 g/mol. The van der Waals surface area contributed by atoms with Gasteiger partial charge in [0.15, 0.2) is 6.61 Å². The molecule has 3 N–H and O–H groups in total. The van der Waals surface area contributed by atoms with E-state index in [1.165, 1.54) is 18.4 Å². The number of imide groups is 1. The van der Waals surface area contributed by atoms with Crippen LogP contribution in [0.2, 0.25) is 0 Å². The molecule has 8 nitrogen and oxygen atoms in total. The Balaban J connectivity index is 1.47. The van der Waals surface area contributed by atoms with Crippen molar-refractivity contribution in [2.24, 2.45) is 0 Å². The van der Waals surface area contributed by atoms with Crippen LogP contribution >= 0.6 is 0 Å². The van der Waals surface area contributed by atoms with E-state index in [4.69, 9.17) is 9.15 Å². The lowest BCUT2D eigenvalue weighted by molar-refractivity contribution is -0.147. The molecule has 1 aromatic heterocycles. The van der Waals surface area contributed by atoms with Gasteiger partial charge in [0, 0.05) is 23.1 Å². The summed E-state index contributed by atoms with van der Waals surface area (Å²) in [5.41, 5.74) is 1.04. The first-order chi connectivity index (χ1) is 11.5. The van der Waals surface area contributed by atoms with Gasteiger partial charge in [-0.3, -0.25) is 14.9 Å². The third-order valence-electron chi connectivity index (χ3n) is 3.50. The number of urea groups is 1. The van der Waals surface area contributed by atoms with Crippen molar-refractivity contribution in [1.82, 2.24) is 10.6 Å². The van der Waals surface area contributed by atoms with Gasteiger partial charge in [-0.1, -0.05) is 0 Å². The number of ether oxygens (including phenoxy) is 1. The number of hydrogen-bond acceptors (Lipinski definition) is 6. The van der Waals surface area contributed by atoms with Gasteiger partial charge in [-0.25, -0.2) is 4.79 Å². The number of carbonyl (C=O) groups is 3. The van der Waals surface area contributed by atoms with E-state index in [2.05, 4.69) is 10.6 Å². The molecule has 0 atom stereocenters. The Kier molecular flexibility index (Phi) is 4.37. The highest BCUT2D eigenvalue weighted by atomic mass is 16.5. The van der Waals surface area contributed by atoms with E-state index in [-0.39, 0.29) is 18.2 Å². The van der Waals surface area contributed by atoms with Gasteiger partial charge in [0.05, 0.1) is 12.7 Å². The number of nitrogens with one attached hydrogen (secondary N) is 2. The van der Waals surface area contributed by atoms with Gasteiger partial charge in [0.2, 0.25) is 0 Å². The summed E-state index contributed by atoms with van der Waals surface area (Å²) in [7, 11) is 0. The average Bonchev–Trinajstić information content (AvgIpc) is 3.25. The first-order valence-corrected chi connectivity index (χ1v) is 7.46. The largest absolute Gasteiger partial charge is 0.508 e. The highest BCUT2D eigenvalue weighted by molar-refractivity contribution is 5.96. The van der Waals surface area contributed by atoms with E-state index < -0.39 is 24.5 Å². The molecular formula is C16H16N2O6. The van der Waals surface area contributed by atoms with Crippen LogP contribution in [-0.4, -0.2) is 35.7 Å². The van der Waals surface area contributed by atoms with Crippen LogP contribution in [0, 0.1) is 0 Å². The van der Waals surface area contributed by atoms with Gasteiger partial charge in [-0.2, -0.15) is 0 Å². The van der Waals surface area contributed by atoms with E-state index in [0.29, 0.717) is 16.5 Å². The topological polar surface area (TPSA) is 118 Å². The van der Waals surface area contributed by atoms with E-state index in [9.17, 15) is 19.5 Å². The third kappa shape index (κ3) is 4.03. The van der Waals surface area contributed by atoms with Crippen molar-refractivity contribution in [2.45, 2.75) is 25.3 Å². The molecule has 3 amide bonds. The molecule has 0 aliphatic heterocycles. The fraction of sp³-hybridized carbons (Fsp3) is 0.312. The van der Waals surface area contributed by atoms with Crippen molar-refractivity contribution >= 4 is 28.9 Å². The lowest BCUT2D eigenvalue weighted by atomic mass is 10.1. The molecule has 1 saturated carbocycles. The van der Waals surface area contributed by atoms with Gasteiger partial charge in [-0.15, -0.1) is 0 Å². The van der Waals surface area contributed by atoms with E-state index in [0.717, 1.165) is 12.8 Å². The highest BCUT2D eigenvalue weighted by Gasteiger charge is 2.24. The van der Waals surface area contributed by atoms with Crippen LogP contribution in [0.3, 0.4) is 0 Å². The van der Waals surface area contributed by atoms with Crippen molar-refractivity contribution in [3.8, 4) is 5.75 Å². The van der Waals surface area contributed by atoms with Gasteiger partial charge in [0.25, 0.3) is 5.91 Å². The van der Waals surface area contributed by atoms with Crippen LogP contribution in [0.5, 0.6) is 5.75 Å². The second-order valence-corrected chi connectivity index (χ2v) is 5.57. The van der Waals surface area contributed by atoms with Crippen molar-refractivity contribution < 1.29 is 28.6 Å². The second kappa shape index (κ2) is 6.61. The molecule has 1 fully saturated rings. The molecule has 8 heteroatoms. The summed E-state index contributed by atoms with van der Waals surface area (Å²) in [6.45, 7) is -0.534. The number of phenols is 1. The number of amides is 3. The van der Waals surface area contributed by atoms with Gasteiger partial charge in [0.1, 0.15) is 11.3 Å². The maximum absolute atomic E-state index is 11.8. The van der Waals surface area contributed by atoms with Crippen LogP contribution in [0.25, 0.3) is 11.0 Å². The molecule has 0 saturated heterocycles. The molecule has 24 heavy (non-hydrogen) atoms. The van der Waals surface area contributed by atoms with E-state index in [1.807, 2.05) is 0 Å².